The van der Waals surface area contributed by atoms with Crippen molar-refractivity contribution in [1.82, 2.24) is 24.9 Å². The van der Waals surface area contributed by atoms with E-state index in [1.165, 1.54) is 0 Å². The Bertz CT molecular complexity index is 1210. The summed E-state index contributed by atoms with van der Waals surface area (Å²) in [6.07, 6.45) is 0. The van der Waals surface area contributed by atoms with Gasteiger partial charge in [-0.1, -0.05) is 46.6 Å². The van der Waals surface area contributed by atoms with Crippen LogP contribution in [0.5, 0.6) is 0 Å². The van der Waals surface area contributed by atoms with Gasteiger partial charge in [-0.3, -0.25) is 0 Å². The van der Waals surface area contributed by atoms with Gasteiger partial charge in [0.2, 0.25) is 5.82 Å². The zero-order valence-corrected chi connectivity index (χ0v) is 17.3. The van der Waals surface area contributed by atoms with Crippen LogP contribution in [0.25, 0.3) is 17.2 Å². The number of esters is 1. The van der Waals surface area contributed by atoms with E-state index in [1.807, 2.05) is 51.1 Å². The third kappa shape index (κ3) is 4.08. The fourth-order valence-corrected chi connectivity index (χ4v) is 3.07. The van der Waals surface area contributed by atoms with Gasteiger partial charge in [-0.25, -0.2) is 14.5 Å². The van der Waals surface area contributed by atoms with Crippen LogP contribution in [0.15, 0.2) is 47.0 Å². The Labute approximate surface area is 177 Å². The van der Waals surface area contributed by atoms with Gasteiger partial charge in [0, 0.05) is 11.3 Å². The van der Waals surface area contributed by atoms with Gasteiger partial charge < -0.3 is 9.26 Å². The number of halogens is 1. The molecule has 3 aromatic heterocycles. The molecule has 0 unspecified atom stereocenters. The normalized spacial score (nSPS) is 10.9. The molecule has 0 spiro atoms. The van der Waals surface area contributed by atoms with Crippen LogP contribution >= 0.6 is 11.6 Å². The number of nitrogens with zero attached hydrogens (tertiary/aromatic N) is 5. The molecular formula is C21H18ClN5O3. The van der Waals surface area contributed by atoms with Crippen LogP contribution in [0.2, 0.25) is 5.02 Å². The number of hydrogen-bond acceptors (Lipinski definition) is 7. The molecule has 0 saturated carbocycles. The lowest BCUT2D eigenvalue weighted by atomic mass is 10.1. The number of hydrogen-bond donors (Lipinski definition) is 0. The van der Waals surface area contributed by atoms with Crippen LogP contribution in [-0.4, -0.2) is 30.9 Å². The van der Waals surface area contributed by atoms with Crippen LogP contribution in [0.3, 0.4) is 0 Å². The Kier molecular flexibility index (Phi) is 5.33. The van der Waals surface area contributed by atoms with E-state index in [1.54, 1.807) is 16.8 Å². The molecule has 0 amide bonds. The van der Waals surface area contributed by atoms with E-state index >= 15 is 0 Å². The zero-order valence-electron chi connectivity index (χ0n) is 16.6. The summed E-state index contributed by atoms with van der Waals surface area (Å²) in [7, 11) is 0. The van der Waals surface area contributed by atoms with E-state index in [2.05, 4.69) is 20.2 Å². The van der Waals surface area contributed by atoms with Gasteiger partial charge in [0.05, 0.1) is 10.7 Å². The molecule has 4 aromatic rings. The van der Waals surface area contributed by atoms with Crippen molar-refractivity contribution in [2.45, 2.75) is 27.4 Å². The molecule has 3 heterocycles. The highest BCUT2D eigenvalue weighted by Crippen LogP contribution is 2.20. The summed E-state index contributed by atoms with van der Waals surface area (Å²) in [6, 6.07) is 12.9. The first-order valence-electron chi connectivity index (χ1n) is 9.17. The molecule has 0 fully saturated rings. The van der Waals surface area contributed by atoms with Crippen LogP contribution in [-0.2, 0) is 11.3 Å². The second-order valence-corrected chi connectivity index (χ2v) is 7.20. The highest BCUT2D eigenvalue weighted by Gasteiger charge is 2.18. The lowest BCUT2D eigenvalue weighted by Gasteiger charge is -2.07. The summed E-state index contributed by atoms with van der Waals surface area (Å²) < 4.78 is 12.1. The standard InChI is InChI=1S/C21H18ClN5O3/c1-12-4-6-15(7-5-12)20-24-18(30-26-20)11-29-21(28)19-16(22)8-9-17(23-19)27-14(3)10-13(2)25-27/h4-10H,11H2,1-3H3. The maximum atomic E-state index is 12.5. The number of rotatable bonds is 5. The topological polar surface area (TPSA) is 95.9 Å². The van der Waals surface area contributed by atoms with Crippen molar-refractivity contribution in [3.8, 4) is 17.2 Å². The predicted molar refractivity (Wildman–Crippen MR) is 109 cm³/mol. The summed E-state index contributed by atoms with van der Waals surface area (Å²) in [5.74, 6) is 0.364. The average molecular weight is 424 g/mol. The van der Waals surface area contributed by atoms with Crippen LogP contribution < -0.4 is 0 Å². The van der Waals surface area contributed by atoms with E-state index in [0.29, 0.717) is 11.6 Å². The Morgan fingerprint density at radius 2 is 1.87 bits per heavy atom. The number of benzene rings is 1. The molecule has 0 aliphatic heterocycles. The Morgan fingerprint density at radius 3 is 2.57 bits per heavy atom. The fraction of sp³-hybridized carbons (Fsp3) is 0.190. The molecule has 0 aliphatic rings. The molecule has 4 rings (SSSR count). The maximum Gasteiger partial charge on any atom is 0.359 e. The second kappa shape index (κ2) is 8.08. The summed E-state index contributed by atoms with van der Waals surface area (Å²) in [6.45, 7) is 5.58. The van der Waals surface area contributed by atoms with Crippen molar-refractivity contribution < 1.29 is 14.1 Å². The molecule has 0 atom stereocenters. The first kappa shape index (κ1) is 19.8. The number of carbonyl (C=O) groups is 1. The first-order chi connectivity index (χ1) is 14.4. The number of carbonyl (C=O) groups excluding carboxylic acids is 1. The molecule has 0 aliphatic carbocycles. The Balaban J connectivity index is 1.49. The van der Waals surface area contributed by atoms with Gasteiger partial charge in [-0.15, -0.1) is 0 Å². The van der Waals surface area contributed by atoms with Gasteiger partial charge in [0.1, 0.15) is 0 Å². The van der Waals surface area contributed by atoms with E-state index in [4.69, 9.17) is 20.9 Å². The monoisotopic (exact) mass is 423 g/mol. The molecule has 0 bridgehead atoms. The molecule has 30 heavy (non-hydrogen) atoms. The van der Waals surface area contributed by atoms with Gasteiger partial charge in [-0.2, -0.15) is 10.1 Å². The summed E-state index contributed by atoms with van der Waals surface area (Å²) in [5, 5.41) is 8.46. The van der Waals surface area contributed by atoms with Crippen molar-refractivity contribution in [2.24, 2.45) is 0 Å². The summed E-state index contributed by atoms with van der Waals surface area (Å²) in [4.78, 5) is 21.1. The molecule has 0 saturated heterocycles. The second-order valence-electron chi connectivity index (χ2n) is 6.79. The molecule has 1 aromatic carbocycles. The van der Waals surface area contributed by atoms with Gasteiger partial charge in [0.15, 0.2) is 18.1 Å². The minimum atomic E-state index is -0.696. The average Bonchev–Trinajstić information content (AvgIpc) is 3.33. The van der Waals surface area contributed by atoms with Crippen LogP contribution in [0, 0.1) is 20.8 Å². The van der Waals surface area contributed by atoms with Gasteiger partial charge in [0.25, 0.3) is 5.89 Å². The number of aryl methyl sites for hydroxylation is 3. The molecular weight excluding hydrogens is 406 g/mol. The SMILES string of the molecule is Cc1ccc(-c2noc(COC(=O)c3nc(-n4nc(C)cc4C)ccc3Cl)n2)cc1. The van der Waals surface area contributed by atoms with E-state index < -0.39 is 5.97 Å². The molecule has 0 N–H and O–H groups in total. The smallest absolute Gasteiger partial charge is 0.359 e. The van der Waals surface area contributed by atoms with E-state index in [0.717, 1.165) is 22.5 Å². The lowest BCUT2D eigenvalue weighted by molar-refractivity contribution is 0.0423. The summed E-state index contributed by atoms with van der Waals surface area (Å²) >= 11 is 6.16. The molecule has 0 radical (unpaired) electrons. The number of aromatic nitrogens is 5. The number of pyridine rings is 1. The van der Waals surface area contributed by atoms with E-state index in [9.17, 15) is 4.79 Å². The van der Waals surface area contributed by atoms with Crippen molar-refractivity contribution in [2.75, 3.05) is 0 Å². The van der Waals surface area contributed by atoms with Crippen molar-refractivity contribution in [1.29, 1.82) is 0 Å². The van der Waals surface area contributed by atoms with Crippen molar-refractivity contribution in [3.05, 3.63) is 76.0 Å². The quantitative estimate of drug-likeness (QED) is 0.442. The highest BCUT2D eigenvalue weighted by atomic mass is 35.5. The number of ether oxygens (including phenoxy) is 1. The fourth-order valence-electron chi connectivity index (χ4n) is 2.88. The predicted octanol–water partition coefficient (Wildman–Crippen LogP) is 4.25. The third-order valence-electron chi connectivity index (χ3n) is 4.36. The highest BCUT2D eigenvalue weighted by molar-refractivity contribution is 6.33. The first-order valence-corrected chi connectivity index (χ1v) is 9.55. The van der Waals surface area contributed by atoms with Crippen LogP contribution in [0.4, 0.5) is 0 Å². The largest absolute Gasteiger partial charge is 0.451 e. The van der Waals surface area contributed by atoms with E-state index in [-0.39, 0.29) is 23.2 Å². The Morgan fingerprint density at radius 1 is 1.10 bits per heavy atom. The van der Waals surface area contributed by atoms with Crippen molar-refractivity contribution in [3.63, 3.8) is 0 Å². The van der Waals surface area contributed by atoms with Crippen LogP contribution in [0.1, 0.15) is 33.3 Å². The maximum absolute atomic E-state index is 12.5. The lowest BCUT2D eigenvalue weighted by Crippen LogP contribution is -2.11. The van der Waals surface area contributed by atoms with Gasteiger partial charge in [-0.05, 0) is 39.0 Å². The molecule has 152 valence electrons. The molecule has 9 heteroatoms. The minimum absolute atomic E-state index is 0.0139. The van der Waals surface area contributed by atoms with Gasteiger partial charge >= 0.3 is 5.97 Å². The summed E-state index contributed by atoms with van der Waals surface area (Å²) in [5.41, 5.74) is 3.65. The molecule has 8 nitrogen and oxygen atoms in total. The minimum Gasteiger partial charge on any atom is -0.451 e. The Hall–Kier alpha value is -3.52. The third-order valence-corrected chi connectivity index (χ3v) is 4.66. The van der Waals surface area contributed by atoms with Crippen molar-refractivity contribution >= 4 is 17.6 Å². The zero-order chi connectivity index (χ0) is 21.3.